The maximum absolute atomic E-state index is 13.4. The summed E-state index contributed by atoms with van der Waals surface area (Å²) in [4.78, 5) is 7.44. The van der Waals surface area contributed by atoms with Crippen LogP contribution in [0.25, 0.3) is 0 Å². The molecule has 0 unspecified atom stereocenters. The molecule has 1 aromatic heterocycles. The maximum Gasteiger partial charge on any atom is 0.239 e. The summed E-state index contributed by atoms with van der Waals surface area (Å²) in [7, 11) is 0. The van der Waals surface area contributed by atoms with Gasteiger partial charge in [-0.15, -0.1) is 0 Å². The molecule has 0 saturated heterocycles. The van der Waals surface area contributed by atoms with Crippen LogP contribution >= 0.6 is 0 Å². The van der Waals surface area contributed by atoms with E-state index in [0.29, 0.717) is 12.8 Å². The summed E-state index contributed by atoms with van der Waals surface area (Å²) < 4.78 is 13.4. The first-order chi connectivity index (χ1) is 8.04. The highest BCUT2D eigenvalue weighted by atomic mass is 19.1. The summed E-state index contributed by atoms with van der Waals surface area (Å²) >= 11 is 0. The van der Waals surface area contributed by atoms with E-state index in [9.17, 15) is 9.50 Å². The Morgan fingerprint density at radius 3 is 2.65 bits per heavy atom. The number of nitrogens with zero attached hydrogens (tertiary/aromatic N) is 2. The quantitative estimate of drug-likeness (QED) is 0.437. The van der Waals surface area contributed by atoms with Gasteiger partial charge in [0.1, 0.15) is 0 Å². The highest BCUT2D eigenvalue weighted by Crippen LogP contribution is 2.17. The summed E-state index contributed by atoms with van der Waals surface area (Å²) in [5, 5.41) is 12.8. The average Bonchev–Trinajstić information content (AvgIpc) is 2.37. The van der Waals surface area contributed by atoms with Crippen molar-refractivity contribution in [1.82, 2.24) is 9.97 Å². The zero-order valence-electron chi connectivity index (χ0n) is 10.00. The number of hydrogen-bond acceptors (Lipinski definition) is 6. The first-order valence-corrected chi connectivity index (χ1v) is 5.50. The third-order valence-corrected chi connectivity index (χ3v) is 2.77. The number of anilines is 2. The smallest absolute Gasteiger partial charge is 0.239 e. The summed E-state index contributed by atoms with van der Waals surface area (Å²) in [6.45, 7) is 3.96. The second-order valence-electron chi connectivity index (χ2n) is 3.82. The van der Waals surface area contributed by atoms with Crippen molar-refractivity contribution in [3.05, 3.63) is 12.0 Å². The number of nitrogens with one attached hydrogen (secondary N) is 2. The molecule has 0 radical (unpaired) electrons. The van der Waals surface area contributed by atoms with Gasteiger partial charge in [-0.3, -0.25) is 5.43 Å². The summed E-state index contributed by atoms with van der Waals surface area (Å²) in [5.41, 5.74) is 1.36. The van der Waals surface area contributed by atoms with E-state index in [4.69, 9.17) is 5.84 Å². The van der Waals surface area contributed by atoms with E-state index >= 15 is 0 Å². The normalized spacial score (nSPS) is 11.4. The van der Waals surface area contributed by atoms with Crippen LogP contribution in [-0.4, -0.2) is 27.2 Å². The lowest BCUT2D eigenvalue weighted by atomic mass is 9.98. The van der Waals surface area contributed by atoms with Crippen molar-refractivity contribution >= 4 is 11.8 Å². The van der Waals surface area contributed by atoms with Gasteiger partial charge in [0.15, 0.2) is 11.6 Å². The van der Waals surface area contributed by atoms with E-state index < -0.39 is 11.4 Å². The van der Waals surface area contributed by atoms with Crippen LogP contribution in [0.2, 0.25) is 0 Å². The molecular formula is C10H18FN5O. The molecule has 1 rings (SSSR count). The topological polar surface area (TPSA) is 96.1 Å². The van der Waals surface area contributed by atoms with Gasteiger partial charge < -0.3 is 10.4 Å². The molecular weight excluding hydrogens is 225 g/mol. The zero-order chi connectivity index (χ0) is 12.9. The van der Waals surface area contributed by atoms with Crippen molar-refractivity contribution in [2.45, 2.75) is 32.3 Å². The van der Waals surface area contributed by atoms with Gasteiger partial charge in [-0.25, -0.2) is 15.2 Å². The van der Waals surface area contributed by atoms with Gasteiger partial charge in [-0.1, -0.05) is 13.8 Å². The van der Waals surface area contributed by atoms with Gasteiger partial charge in [0, 0.05) is 6.54 Å². The van der Waals surface area contributed by atoms with Crippen molar-refractivity contribution in [1.29, 1.82) is 0 Å². The van der Waals surface area contributed by atoms with Crippen LogP contribution in [0.3, 0.4) is 0 Å². The van der Waals surface area contributed by atoms with Crippen molar-refractivity contribution in [3.63, 3.8) is 0 Å². The third kappa shape index (κ3) is 3.50. The number of nitrogen functional groups attached to an aromatic ring is 1. The Hall–Kier alpha value is -1.47. The molecule has 0 saturated carbocycles. The predicted molar refractivity (Wildman–Crippen MR) is 63.8 cm³/mol. The van der Waals surface area contributed by atoms with E-state index in [-0.39, 0.29) is 18.3 Å². The molecule has 0 bridgehead atoms. The SMILES string of the molecule is CCC(O)(CC)CNc1nc(NN)ncc1F. The zero-order valence-corrected chi connectivity index (χ0v) is 10.00. The summed E-state index contributed by atoms with van der Waals surface area (Å²) in [6, 6.07) is 0. The number of aromatic nitrogens is 2. The molecule has 0 atom stereocenters. The van der Waals surface area contributed by atoms with Crippen LogP contribution in [0, 0.1) is 5.82 Å². The van der Waals surface area contributed by atoms with E-state index in [1.165, 1.54) is 0 Å². The number of rotatable bonds is 6. The van der Waals surface area contributed by atoms with Gasteiger partial charge in [-0.05, 0) is 12.8 Å². The Balaban J connectivity index is 2.74. The minimum Gasteiger partial charge on any atom is -0.388 e. The van der Waals surface area contributed by atoms with E-state index in [0.717, 1.165) is 6.20 Å². The Labute approximate surface area is 99.4 Å². The van der Waals surface area contributed by atoms with Crippen molar-refractivity contribution < 1.29 is 9.50 Å². The standard InChI is InChI=1S/C10H18FN5O/c1-3-10(17,4-2)6-14-8-7(11)5-13-9(15-8)16-12/h5,17H,3-4,6,12H2,1-2H3,(H2,13,14,15,16). The molecule has 0 spiro atoms. The van der Waals surface area contributed by atoms with Gasteiger partial charge in [0.25, 0.3) is 0 Å². The van der Waals surface area contributed by atoms with E-state index in [2.05, 4.69) is 20.7 Å². The maximum atomic E-state index is 13.4. The van der Waals surface area contributed by atoms with Crippen LogP contribution in [0.4, 0.5) is 16.2 Å². The Bertz CT molecular complexity index is 370. The molecule has 96 valence electrons. The fraction of sp³-hybridized carbons (Fsp3) is 0.600. The van der Waals surface area contributed by atoms with Gasteiger partial charge >= 0.3 is 0 Å². The van der Waals surface area contributed by atoms with Crippen LogP contribution in [0.1, 0.15) is 26.7 Å². The Morgan fingerprint density at radius 1 is 1.47 bits per heavy atom. The predicted octanol–water partition coefficient (Wildman–Crippen LogP) is 0.864. The van der Waals surface area contributed by atoms with Gasteiger partial charge in [0.2, 0.25) is 5.95 Å². The lowest BCUT2D eigenvalue weighted by Crippen LogP contribution is -2.35. The second kappa shape index (κ2) is 5.74. The molecule has 0 amide bonds. The lowest BCUT2D eigenvalue weighted by Gasteiger charge is -2.25. The highest BCUT2D eigenvalue weighted by Gasteiger charge is 2.22. The number of halogens is 1. The minimum absolute atomic E-state index is 0.0216. The van der Waals surface area contributed by atoms with Crippen LogP contribution < -0.4 is 16.6 Å². The van der Waals surface area contributed by atoms with Gasteiger partial charge in [0.05, 0.1) is 11.8 Å². The second-order valence-corrected chi connectivity index (χ2v) is 3.82. The van der Waals surface area contributed by atoms with E-state index in [1.54, 1.807) is 0 Å². The minimum atomic E-state index is -0.867. The number of hydrogen-bond donors (Lipinski definition) is 4. The molecule has 0 aliphatic rings. The number of nitrogens with two attached hydrogens (primary N) is 1. The van der Waals surface area contributed by atoms with Crippen LogP contribution in [0.15, 0.2) is 6.20 Å². The van der Waals surface area contributed by atoms with Crippen molar-refractivity contribution in [2.75, 3.05) is 17.3 Å². The first-order valence-electron chi connectivity index (χ1n) is 5.50. The monoisotopic (exact) mass is 243 g/mol. The average molecular weight is 243 g/mol. The molecule has 0 aromatic carbocycles. The largest absolute Gasteiger partial charge is 0.388 e. The molecule has 0 aliphatic carbocycles. The number of hydrazine groups is 1. The molecule has 1 heterocycles. The summed E-state index contributed by atoms with van der Waals surface area (Å²) in [6.07, 6.45) is 2.16. The van der Waals surface area contributed by atoms with Crippen LogP contribution in [-0.2, 0) is 0 Å². The lowest BCUT2D eigenvalue weighted by molar-refractivity contribution is 0.0455. The molecule has 7 heteroatoms. The Morgan fingerprint density at radius 2 is 2.12 bits per heavy atom. The molecule has 0 aliphatic heterocycles. The van der Waals surface area contributed by atoms with Crippen molar-refractivity contribution in [2.24, 2.45) is 5.84 Å². The third-order valence-electron chi connectivity index (χ3n) is 2.77. The summed E-state index contributed by atoms with van der Waals surface area (Å²) in [5.74, 6) is 4.68. The van der Waals surface area contributed by atoms with Crippen LogP contribution in [0.5, 0.6) is 0 Å². The highest BCUT2D eigenvalue weighted by molar-refractivity contribution is 5.40. The molecule has 6 nitrogen and oxygen atoms in total. The van der Waals surface area contributed by atoms with Gasteiger partial charge in [-0.2, -0.15) is 4.98 Å². The van der Waals surface area contributed by atoms with E-state index in [1.807, 2.05) is 13.8 Å². The number of aliphatic hydroxyl groups is 1. The molecule has 0 fully saturated rings. The Kier molecular flexibility index (Phi) is 4.59. The molecule has 1 aromatic rings. The fourth-order valence-electron chi connectivity index (χ4n) is 1.31. The van der Waals surface area contributed by atoms with Crippen molar-refractivity contribution in [3.8, 4) is 0 Å². The fourth-order valence-corrected chi connectivity index (χ4v) is 1.31. The first kappa shape index (κ1) is 13.6. The molecule has 5 N–H and O–H groups in total. The molecule has 17 heavy (non-hydrogen) atoms.